The largest absolute Gasteiger partial charge is 0.399 e. The Hall–Kier alpha value is -1.71. The minimum absolute atomic E-state index is 0. The molecule has 1 fully saturated rings. The second-order valence-corrected chi connectivity index (χ2v) is 6.44. The van der Waals surface area contributed by atoms with Gasteiger partial charge in [0.25, 0.3) is 5.91 Å². The molecule has 0 spiro atoms. The first-order valence-corrected chi connectivity index (χ1v) is 7.84. The monoisotopic (exact) mass is 350 g/mol. The van der Waals surface area contributed by atoms with E-state index < -0.39 is 0 Å². The zero-order chi connectivity index (χ0) is 15.7. The number of carbonyl (C=O) groups excluding carboxylic acids is 1. The molecular weight excluding hydrogens is 331 g/mol. The van der Waals surface area contributed by atoms with E-state index in [0.717, 1.165) is 12.0 Å². The molecule has 0 bridgehead atoms. The van der Waals surface area contributed by atoms with Crippen molar-refractivity contribution in [3.63, 3.8) is 0 Å². The lowest BCUT2D eigenvalue weighted by Crippen LogP contribution is -2.30. The van der Waals surface area contributed by atoms with Crippen molar-refractivity contribution in [2.24, 2.45) is 11.8 Å². The Morgan fingerprint density at radius 3 is 2.48 bits per heavy atom. The Bertz CT molecular complexity index is 688. The smallest absolute Gasteiger partial charge is 0.251 e. The van der Waals surface area contributed by atoms with Gasteiger partial charge in [-0.25, -0.2) is 0 Å². The molecular formula is C18H20Cl2N2O. The van der Waals surface area contributed by atoms with Gasteiger partial charge >= 0.3 is 0 Å². The average molecular weight is 351 g/mol. The summed E-state index contributed by atoms with van der Waals surface area (Å²) in [6.45, 7) is 2.21. The summed E-state index contributed by atoms with van der Waals surface area (Å²) < 4.78 is 0. The minimum Gasteiger partial charge on any atom is -0.399 e. The number of hydrogen-bond donors (Lipinski definition) is 2. The quantitative estimate of drug-likeness (QED) is 0.799. The van der Waals surface area contributed by atoms with Crippen molar-refractivity contribution < 1.29 is 4.79 Å². The van der Waals surface area contributed by atoms with Crippen molar-refractivity contribution in [3.05, 3.63) is 64.7 Å². The summed E-state index contributed by atoms with van der Waals surface area (Å²) in [5.41, 5.74) is 8.03. The summed E-state index contributed by atoms with van der Waals surface area (Å²) in [7, 11) is 0. The molecule has 3 unspecified atom stereocenters. The zero-order valence-electron chi connectivity index (χ0n) is 12.8. The molecule has 1 saturated carbocycles. The third kappa shape index (κ3) is 4.18. The van der Waals surface area contributed by atoms with Gasteiger partial charge in [-0.3, -0.25) is 4.79 Å². The molecule has 0 saturated heterocycles. The van der Waals surface area contributed by atoms with Crippen LogP contribution in [0.4, 0.5) is 5.69 Å². The summed E-state index contributed by atoms with van der Waals surface area (Å²) in [5, 5.41) is 3.85. The van der Waals surface area contributed by atoms with Gasteiger partial charge in [-0.05, 0) is 54.2 Å². The van der Waals surface area contributed by atoms with Crippen molar-refractivity contribution in [1.29, 1.82) is 0 Å². The van der Waals surface area contributed by atoms with E-state index in [1.807, 2.05) is 24.3 Å². The summed E-state index contributed by atoms with van der Waals surface area (Å²) in [5.74, 6) is 1.01. The highest BCUT2D eigenvalue weighted by atomic mass is 35.5. The maximum absolute atomic E-state index is 12.5. The molecule has 0 aromatic heterocycles. The summed E-state index contributed by atoms with van der Waals surface area (Å²) in [6, 6.07) is 14.8. The van der Waals surface area contributed by atoms with Crippen LogP contribution < -0.4 is 11.1 Å². The van der Waals surface area contributed by atoms with Crippen LogP contribution in [0.25, 0.3) is 0 Å². The molecule has 3 N–H and O–H groups in total. The van der Waals surface area contributed by atoms with Crippen molar-refractivity contribution in [3.8, 4) is 0 Å². The van der Waals surface area contributed by atoms with Crippen molar-refractivity contribution >= 4 is 35.6 Å². The van der Waals surface area contributed by atoms with E-state index >= 15 is 0 Å². The predicted octanol–water partition coefficient (Wildman–Crippen LogP) is 4.47. The van der Waals surface area contributed by atoms with Crippen LogP contribution >= 0.6 is 24.0 Å². The van der Waals surface area contributed by atoms with Crippen LogP contribution in [0.2, 0.25) is 5.02 Å². The number of benzene rings is 2. The number of hydrogen-bond acceptors (Lipinski definition) is 2. The second kappa shape index (κ2) is 7.24. The molecule has 1 amide bonds. The topological polar surface area (TPSA) is 55.1 Å². The molecule has 1 aliphatic carbocycles. The van der Waals surface area contributed by atoms with Crippen LogP contribution in [0.15, 0.2) is 48.5 Å². The van der Waals surface area contributed by atoms with Crippen LogP contribution in [0, 0.1) is 11.8 Å². The Labute approximate surface area is 147 Å². The lowest BCUT2D eigenvalue weighted by molar-refractivity contribution is 0.0930. The standard InChI is InChI=1S/C18H19ClN2O.ClH/c1-11-9-16(11)17(12-5-7-14(19)8-6-12)21-18(22)13-3-2-4-15(20)10-13;/h2-8,10-11,16-17H,9,20H2,1H3,(H,21,22);1H. The number of anilines is 1. The van der Waals surface area contributed by atoms with E-state index in [0.29, 0.717) is 28.1 Å². The lowest BCUT2D eigenvalue weighted by Gasteiger charge is -2.20. The summed E-state index contributed by atoms with van der Waals surface area (Å²) in [6.07, 6.45) is 1.13. The molecule has 0 aliphatic heterocycles. The third-order valence-electron chi connectivity index (χ3n) is 4.26. The first-order chi connectivity index (χ1) is 10.5. The Kier molecular flexibility index (Phi) is 5.55. The van der Waals surface area contributed by atoms with Crippen molar-refractivity contribution in [2.75, 3.05) is 5.73 Å². The van der Waals surface area contributed by atoms with Gasteiger partial charge in [-0.2, -0.15) is 0 Å². The number of nitrogens with two attached hydrogens (primary N) is 1. The molecule has 0 heterocycles. The molecule has 3 nitrogen and oxygen atoms in total. The van der Waals surface area contributed by atoms with Gasteiger partial charge in [0, 0.05) is 16.3 Å². The molecule has 2 aromatic carbocycles. The van der Waals surface area contributed by atoms with Gasteiger partial charge in [-0.15, -0.1) is 12.4 Å². The van der Waals surface area contributed by atoms with Crippen LogP contribution in [0.3, 0.4) is 0 Å². The molecule has 0 radical (unpaired) electrons. The van der Waals surface area contributed by atoms with Crippen LogP contribution in [0.1, 0.15) is 35.3 Å². The number of rotatable bonds is 4. The lowest BCUT2D eigenvalue weighted by atomic mass is 10.0. The van der Waals surface area contributed by atoms with Gasteiger partial charge in [-0.1, -0.05) is 36.7 Å². The summed E-state index contributed by atoms with van der Waals surface area (Å²) >= 11 is 5.96. The predicted molar refractivity (Wildman–Crippen MR) is 97.0 cm³/mol. The number of nitrogens with one attached hydrogen (secondary N) is 1. The number of halogens is 2. The van der Waals surface area contributed by atoms with E-state index in [2.05, 4.69) is 12.2 Å². The Balaban J connectivity index is 0.00000192. The fraction of sp³-hybridized carbons (Fsp3) is 0.278. The maximum atomic E-state index is 12.5. The maximum Gasteiger partial charge on any atom is 0.251 e. The molecule has 3 rings (SSSR count). The van der Waals surface area contributed by atoms with E-state index in [4.69, 9.17) is 17.3 Å². The fourth-order valence-corrected chi connectivity index (χ4v) is 2.95. The van der Waals surface area contributed by atoms with Gasteiger partial charge in [0.15, 0.2) is 0 Å². The van der Waals surface area contributed by atoms with E-state index in [1.54, 1.807) is 24.3 Å². The van der Waals surface area contributed by atoms with Crippen molar-refractivity contribution in [1.82, 2.24) is 5.32 Å². The Morgan fingerprint density at radius 2 is 1.91 bits per heavy atom. The van der Waals surface area contributed by atoms with Crippen LogP contribution in [-0.2, 0) is 0 Å². The highest BCUT2D eigenvalue weighted by molar-refractivity contribution is 6.30. The number of nitrogen functional groups attached to an aromatic ring is 1. The van der Waals surface area contributed by atoms with Gasteiger partial charge in [0.1, 0.15) is 0 Å². The van der Waals surface area contributed by atoms with Crippen LogP contribution in [-0.4, -0.2) is 5.91 Å². The highest BCUT2D eigenvalue weighted by Crippen LogP contribution is 2.47. The molecule has 5 heteroatoms. The highest BCUT2D eigenvalue weighted by Gasteiger charge is 2.41. The van der Waals surface area contributed by atoms with Gasteiger partial charge < -0.3 is 11.1 Å². The van der Waals surface area contributed by atoms with Gasteiger partial charge in [0.2, 0.25) is 0 Å². The molecule has 2 aromatic rings. The molecule has 1 aliphatic rings. The average Bonchev–Trinajstić information content (AvgIpc) is 3.22. The second-order valence-electron chi connectivity index (χ2n) is 6.00. The van der Waals surface area contributed by atoms with E-state index in [1.165, 1.54) is 0 Å². The molecule has 122 valence electrons. The number of amides is 1. The van der Waals surface area contributed by atoms with Crippen molar-refractivity contribution in [2.45, 2.75) is 19.4 Å². The normalized spacial score (nSPS) is 20.3. The minimum atomic E-state index is -0.0913. The van der Waals surface area contributed by atoms with Gasteiger partial charge in [0.05, 0.1) is 6.04 Å². The third-order valence-corrected chi connectivity index (χ3v) is 4.52. The molecule has 3 atom stereocenters. The first-order valence-electron chi connectivity index (χ1n) is 7.46. The Morgan fingerprint density at radius 1 is 1.26 bits per heavy atom. The first kappa shape index (κ1) is 17.6. The molecule has 23 heavy (non-hydrogen) atoms. The summed E-state index contributed by atoms with van der Waals surface area (Å²) in [4.78, 5) is 12.5. The number of carbonyl (C=O) groups is 1. The zero-order valence-corrected chi connectivity index (χ0v) is 14.4. The SMILES string of the molecule is CC1CC1C(NC(=O)c1cccc(N)c1)c1ccc(Cl)cc1.Cl. The van der Waals surface area contributed by atoms with E-state index in [9.17, 15) is 4.79 Å². The fourth-order valence-electron chi connectivity index (χ4n) is 2.83. The van der Waals surface area contributed by atoms with Crippen LogP contribution in [0.5, 0.6) is 0 Å². The van der Waals surface area contributed by atoms with E-state index in [-0.39, 0.29) is 24.4 Å².